The molecule has 1 aliphatic heterocycles. The van der Waals surface area contributed by atoms with Gasteiger partial charge in [-0.25, -0.2) is 8.78 Å². The van der Waals surface area contributed by atoms with Crippen LogP contribution in [0.25, 0.3) is 0 Å². The van der Waals surface area contributed by atoms with Crippen molar-refractivity contribution < 1.29 is 8.78 Å². The summed E-state index contributed by atoms with van der Waals surface area (Å²) in [5.74, 6) is 1.36. The Labute approximate surface area is 118 Å². The normalized spacial score (nSPS) is 30.7. The highest BCUT2D eigenvalue weighted by molar-refractivity contribution is 5.23. The van der Waals surface area contributed by atoms with Crippen LogP contribution in [-0.2, 0) is 6.54 Å². The zero-order valence-electron chi connectivity index (χ0n) is 11.6. The number of rotatable bonds is 3. The first-order chi connectivity index (χ1) is 9.63. The minimum Gasteiger partial charge on any atom is -0.327 e. The van der Waals surface area contributed by atoms with Gasteiger partial charge in [-0.05, 0) is 30.2 Å². The Morgan fingerprint density at radius 2 is 1.90 bits per heavy atom. The van der Waals surface area contributed by atoms with Crippen LogP contribution < -0.4 is 5.73 Å². The third-order valence-corrected chi connectivity index (χ3v) is 4.87. The van der Waals surface area contributed by atoms with Crippen molar-refractivity contribution in [2.45, 2.75) is 38.3 Å². The summed E-state index contributed by atoms with van der Waals surface area (Å²) >= 11 is 0. The Morgan fingerprint density at radius 3 is 2.55 bits per heavy atom. The first-order valence-electron chi connectivity index (χ1n) is 7.48. The van der Waals surface area contributed by atoms with Crippen molar-refractivity contribution in [3.8, 4) is 0 Å². The first kappa shape index (κ1) is 14.0. The fourth-order valence-electron chi connectivity index (χ4n) is 3.76. The van der Waals surface area contributed by atoms with E-state index < -0.39 is 6.43 Å². The number of alkyl halides is 2. The van der Waals surface area contributed by atoms with Gasteiger partial charge >= 0.3 is 0 Å². The predicted molar refractivity (Wildman–Crippen MR) is 75.5 cm³/mol. The summed E-state index contributed by atoms with van der Waals surface area (Å²) in [5.41, 5.74) is 7.43. The van der Waals surface area contributed by atoms with E-state index in [1.54, 1.807) is 0 Å². The van der Waals surface area contributed by atoms with Gasteiger partial charge in [-0.3, -0.25) is 4.90 Å². The van der Waals surface area contributed by atoms with Crippen molar-refractivity contribution in [2.75, 3.05) is 13.1 Å². The standard InChI is InChI=1S/C16H22F2N2/c17-16(18)12-6-4-11(5-7-12)8-20-9-13-2-1-3-15(19)14(13)10-20/h4-7,13-16H,1-3,8-10,19H2. The predicted octanol–water partition coefficient (Wildman–Crippen LogP) is 3.18. The largest absolute Gasteiger partial charge is 0.327 e. The van der Waals surface area contributed by atoms with Gasteiger partial charge in [0, 0.05) is 31.2 Å². The lowest BCUT2D eigenvalue weighted by molar-refractivity contribution is 0.151. The molecule has 1 saturated carbocycles. The third kappa shape index (κ3) is 2.86. The maximum atomic E-state index is 12.5. The highest BCUT2D eigenvalue weighted by Gasteiger charge is 2.38. The van der Waals surface area contributed by atoms with Crippen molar-refractivity contribution in [2.24, 2.45) is 17.6 Å². The van der Waals surface area contributed by atoms with E-state index in [4.69, 9.17) is 5.73 Å². The second-order valence-electron chi connectivity index (χ2n) is 6.26. The molecular formula is C16H22F2N2. The second-order valence-corrected chi connectivity index (χ2v) is 6.26. The molecule has 1 aromatic rings. The van der Waals surface area contributed by atoms with E-state index in [9.17, 15) is 8.78 Å². The summed E-state index contributed by atoms with van der Waals surface area (Å²) in [6.45, 7) is 3.01. The van der Waals surface area contributed by atoms with Gasteiger partial charge in [0.1, 0.15) is 0 Å². The van der Waals surface area contributed by atoms with Gasteiger partial charge in [-0.2, -0.15) is 0 Å². The molecule has 110 valence electrons. The summed E-state index contributed by atoms with van der Waals surface area (Å²) in [5, 5.41) is 0. The molecule has 20 heavy (non-hydrogen) atoms. The van der Waals surface area contributed by atoms with E-state index in [1.165, 1.54) is 25.0 Å². The van der Waals surface area contributed by atoms with Crippen LogP contribution in [0.15, 0.2) is 24.3 Å². The van der Waals surface area contributed by atoms with Crippen LogP contribution in [0.1, 0.15) is 36.8 Å². The fourth-order valence-corrected chi connectivity index (χ4v) is 3.76. The lowest BCUT2D eigenvalue weighted by Gasteiger charge is -2.29. The van der Waals surface area contributed by atoms with Gasteiger partial charge in [-0.1, -0.05) is 30.7 Å². The Hall–Kier alpha value is -1.00. The highest BCUT2D eigenvalue weighted by Crippen LogP contribution is 2.36. The number of nitrogens with zero attached hydrogens (tertiary/aromatic N) is 1. The molecule has 0 amide bonds. The molecule has 0 spiro atoms. The molecule has 0 aromatic heterocycles. The second kappa shape index (κ2) is 5.78. The third-order valence-electron chi connectivity index (χ3n) is 4.87. The van der Waals surface area contributed by atoms with Crippen molar-refractivity contribution in [1.29, 1.82) is 0 Å². The summed E-state index contributed by atoms with van der Waals surface area (Å²) in [6.07, 6.45) is 1.31. The van der Waals surface area contributed by atoms with E-state index in [-0.39, 0.29) is 5.56 Å². The zero-order valence-corrected chi connectivity index (χ0v) is 11.6. The van der Waals surface area contributed by atoms with Crippen LogP contribution in [-0.4, -0.2) is 24.0 Å². The molecule has 2 nitrogen and oxygen atoms in total. The van der Waals surface area contributed by atoms with E-state index in [2.05, 4.69) is 4.90 Å². The minimum absolute atomic E-state index is 0.103. The summed E-state index contributed by atoms with van der Waals surface area (Å²) in [6, 6.07) is 7.07. The lowest BCUT2D eigenvalue weighted by Crippen LogP contribution is -2.38. The Balaban J connectivity index is 1.61. The number of halogens is 2. The van der Waals surface area contributed by atoms with E-state index in [1.807, 2.05) is 12.1 Å². The maximum absolute atomic E-state index is 12.5. The summed E-state index contributed by atoms with van der Waals surface area (Å²) in [7, 11) is 0. The smallest absolute Gasteiger partial charge is 0.263 e. The molecule has 2 N–H and O–H groups in total. The first-order valence-corrected chi connectivity index (χ1v) is 7.48. The Morgan fingerprint density at radius 1 is 1.15 bits per heavy atom. The Bertz CT molecular complexity index is 446. The van der Waals surface area contributed by atoms with Crippen LogP contribution in [0.4, 0.5) is 8.78 Å². The van der Waals surface area contributed by atoms with Gasteiger partial charge in [0.05, 0.1) is 0 Å². The zero-order chi connectivity index (χ0) is 14.1. The molecule has 1 aromatic carbocycles. The molecule has 0 radical (unpaired) electrons. The van der Waals surface area contributed by atoms with Gasteiger partial charge < -0.3 is 5.73 Å². The number of hydrogen-bond acceptors (Lipinski definition) is 2. The molecule has 4 heteroatoms. The van der Waals surface area contributed by atoms with Gasteiger partial charge in [-0.15, -0.1) is 0 Å². The monoisotopic (exact) mass is 280 g/mol. The number of benzene rings is 1. The molecule has 2 aliphatic rings. The van der Waals surface area contributed by atoms with E-state index in [0.29, 0.717) is 12.0 Å². The number of likely N-dealkylation sites (tertiary alicyclic amines) is 1. The Kier molecular flexibility index (Phi) is 4.03. The molecule has 1 heterocycles. The van der Waals surface area contributed by atoms with Crippen molar-refractivity contribution >= 4 is 0 Å². The van der Waals surface area contributed by atoms with Gasteiger partial charge in [0.25, 0.3) is 6.43 Å². The minimum atomic E-state index is -2.38. The molecule has 3 rings (SSSR count). The average Bonchev–Trinajstić information content (AvgIpc) is 2.83. The maximum Gasteiger partial charge on any atom is 0.263 e. The highest BCUT2D eigenvalue weighted by atomic mass is 19.3. The number of fused-ring (bicyclic) bond motifs is 1. The lowest BCUT2D eigenvalue weighted by atomic mass is 9.78. The fraction of sp³-hybridized carbons (Fsp3) is 0.625. The number of hydrogen-bond donors (Lipinski definition) is 1. The molecule has 3 atom stereocenters. The molecule has 1 aliphatic carbocycles. The van der Waals surface area contributed by atoms with Crippen LogP contribution in [0, 0.1) is 11.8 Å². The summed E-state index contributed by atoms with van der Waals surface area (Å²) < 4.78 is 25.0. The van der Waals surface area contributed by atoms with E-state index >= 15 is 0 Å². The summed E-state index contributed by atoms with van der Waals surface area (Å²) in [4.78, 5) is 2.43. The molecule has 1 saturated heterocycles. The van der Waals surface area contributed by atoms with Crippen molar-refractivity contribution in [1.82, 2.24) is 4.90 Å². The molecular weight excluding hydrogens is 258 g/mol. The van der Waals surface area contributed by atoms with Crippen molar-refractivity contribution in [3.63, 3.8) is 0 Å². The van der Waals surface area contributed by atoms with E-state index in [0.717, 1.165) is 37.5 Å². The topological polar surface area (TPSA) is 29.3 Å². The van der Waals surface area contributed by atoms with Crippen molar-refractivity contribution in [3.05, 3.63) is 35.4 Å². The van der Waals surface area contributed by atoms with Gasteiger partial charge in [0.15, 0.2) is 0 Å². The van der Waals surface area contributed by atoms with Crippen LogP contribution in [0.3, 0.4) is 0 Å². The quantitative estimate of drug-likeness (QED) is 0.921. The van der Waals surface area contributed by atoms with Crippen LogP contribution in [0.2, 0.25) is 0 Å². The molecule has 2 fully saturated rings. The average molecular weight is 280 g/mol. The molecule has 0 bridgehead atoms. The van der Waals surface area contributed by atoms with Crippen LogP contribution in [0.5, 0.6) is 0 Å². The molecule has 3 unspecified atom stereocenters. The van der Waals surface area contributed by atoms with Gasteiger partial charge in [0.2, 0.25) is 0 Å². The number of nitrogens with two attached hydrogens (primary N) is 1. The van der Waals surface area contributed by atoms with Crippen LogP contribution >= 0.6 is 0 Å². The SMILES string of the molecule is NC1CCCC2CN(Cc3ccc(C(F)F)cc3)CC12.